The highest BCUT2D eigenvalue weighted by Crippen LogP contribution is 2.19. The molecule has 0 spiro atoms. The van der Waals surface area contributed by atoms with Gasteiger partial charge in [-0.3, -0.25) is 4.90 Å². The van der Waals surface area contributed by atoms with Crippen molar-refractivity contribution in [1.29, 1.82) is 0 Å². The second-order valence-electron chi connectivity index (χ2n) is 3.46. The van der Waals surface area contributed by atoms with Gasteiger partial charge in [-0.05, 0) is 13.5 Å². The molecule has 1 fully saturated rings. The Balaban J connectivity index is 2.46. The monoisotopic (exact) mass is 170 g/mol. The van der Waals surface area contributed by atoms with Crippen LogP contribution < -0.4 is 5.32 Å². The fourth-order valence-electron chi connectivity index (χ4n) is 1.71. The lowest BCUT2D eigenvalue weighted by Crippen LogP contribution is -2.48. The van der Waals surface area contributed by atoms with Gasteiger partial charge in [0.25, 0.3) is 0 Å². The lowest BCUT2D eigenvalue weighted by Gasteiger charge is -2.26. The van der Waals surface area contributed by atoms with Gasteiger partial charge in [0, 0.05) is 19.6 Å². The number of likely N-dealkylation sites (N-methyl/N-ethyl adjacent to an activating group) is 1. The highest BCUT2D eigenvalue weighted by molar-refractivity contribution is 4.97. The van der Waals surface area contributed by atoms with Gasteiger partial charge in [0.2, 0.25) is 0 Å². The van der Waals surface area contributed by atoms with Crippen LogP contribution in [0.2, 0.25) is 0 Å². The molecule has 0 amide bonds. The highest BCUT2D eigenvalue weighted by atomic mass is 16.3. The summed E-state index contributed by atoms with van der Waals surface area (Å²) in [6, 6.07) is 0. The van der Waals surface area contributed by atoms with E-state index in [0.29, 0.717) is 0 Å². The van der Waals surface area contributed by atoms with Crippen LogP contribution in [-0.2, 0) is 0 Å². The predicted molar refractivity (Wildman–Crippen MR) is 50.1 cm³/mol. The number of aliphatic hydroxyl groups excluding tert-OH is 1. The quantitative estimate of drug-likeness (QED) is 0.575. The first-order chi connectivity index (χ1) is 5.76. The maximum absolute atomic E-state index is 9.19. The molecule has 2 N–H and O–H groups in total. The zero-order valence-electron chi connectivity index (χ0n) is 7.71. The molecule has 0 aliphatic carbocycles. The van der Waals surface area contributed by atoms with Crippen LogP contribution in [0.4, 0.5) is 0 Å². The van der Waals surface area contributed by atoms with Crippen molar-refractivity contribution in [1.82, 2.24) is 10.2 Å². The van der Waals surface area contributed by atoms with E-state index >= 15 is 0 Å². The van der Waals surface area contributed by atoms with Crippen LogP contribution in [0.15, 0.2) is 12.7 Å². The molecule has 1 heterocycles. The molecule has 0 aromatic rings. The molecule has 0 aromatic carbocycles. The predicted octanol–water partition coefficient (Wildman–Crippen LogP) is -0.171. The van der Waals surface area contributed by atoms with E-state index in [1.807, 2.05) is 13.1 Å². The van der Waals surface area contributed by atoms with Gasteiger partial charge in [-0.25, -0.2) is 0 Å². The summed E-state index contributed by atoms with van der Waals surface area (Å²) in [5, 5.41) is 12.4. The van der Waals surface area contributed by atoms with Crippen LogP contribution in [0.1, 0.15) is 6.42 Å². The van der Waals surface area contributed by atoms with Crippen molar-refractivity contribution in [3.63, 3.8) is 0 Å². The van der Waals surface area contributed by atoms with Crippen LogP contribution in [0.3, 0.4) is 0 Å². The zero-order valence-corrected chi connectivity index (χ0v) is 7.71. The molecule has 0 saturated carbocycles. The Bertz CT molecular complexity index is 155. The first-order valence-corrected chi connectivity index (χ1v) is 4.39. The van der Waals surface area contributed by atoms with Crippen molar-refractivity contribution in [3.05, 3.63) is 12.7 Å². The van der Waals surface area contributed by atoms with Gasteiger partial charge in [-0.2, -0.15) is 0 Å². The van der Waals surface area contributed by atoms with E-state index in [4.69, 9.17) is 0 Å². The molecule has 1 saturated heterocycles. The van der Waals surface area contributed by atoms with Crippen molar-refractivity contribution in [2.75, 3.05) is 33.3 Å². The molecule has 70 valence electrons. The van der Waals surface area contributed by atoms with Crippen LogP contribution >= 0.6 is 0 Å². The van der Waals surface area contributed by atoms with E-state index < -0.39 is 0 Å². The average Bonchev–Trinajstić information content (AvgIpc) is 2.50. The van der Waals surface area contributed by atoms with Gasteiger partial charge in [0.05, 0.1) is 12.1 Å². The molecular formula is C9H18N2O. The van der Waals surface area contributed by atoms with E-state index in [1.54, 1.807) is 0 Å². The number of hydrogen-bond acceptors (Lipinski definition) is 3. The van der Waals surface area contributed by atoms with Crippen molar-refractivity contribution in [2.45, 2.75) is 12.0 Å². The van der Waals surface area contributed by atoms with E-state index in [1.165, 1.54) is 0 Å². The zero-order chi connectivity index (χ0) is 9.03. The third-order valence-electron chi connectivity index (χ3n) is 2.65. The molecule has 0 radical (unpaired) electrons. The lowest BCUT2D eigenvalue weighted by atomic mass is 10.0. The molecule has 3 nitrogen and oxygen atoms in total. The number of rotatable bonds is 4. The van der Waals surface area contributed by atoms with E-state index in [-0.39, 0.29) is 12.1 Å². The average molecular weight is 170 g/mol. The fourth-order valence-corrected chi connectivity index (χ4v) is 1.71. The van der Waals surface area contributed by atoms with Gasteiger partial charge < -0.3 is 10.4 Å². The summed E-state index contributed by atoms with van der Waals surface area (Å²) in [5.74, 6) is 0. The lowest BCUT2D eigenvalue weighted by molar-refractivity contribution is 0.170. The van der Waals surface area contributed by atoms with Gasteiger partial charge in [0.15, 0.2) is 0 Å². The maximum atomic E-state index is 9.19. The van der Waals surface area contributed by atoms with E-state index in [2.05, 4.69) is 16.8 Å². The standard InChI is InChI=1S/C9H18N2O/c1-3-5-11-6-4-9(7-11,8-12)10-2/h3,10,12H,1,4-8H2,2H3. The SMILES string of the molecule is C=CCN1CCC(CO)(NC)C1. The Morgan fingerprint density at radius 1 is 1.75 bits per heavy atom. The summed E-state index contributed by atoms with van der Waals surface area (Å²) >= 11 is 0. The summed E-state index contributed by atoms with van der Waals surface area (Å²) < 4.78 is 0. The van der Waals surface area contributed by atoms with Crippen LogP contribution in [0.5, 0.6) is 0 Å². The smallest absolute Gasteiger partial charge is 0.0626 e. The number of hydrogen-bond donors (Lipinski definition) is 2. The maximum Gasteiger partial charge on any atom is 0.0626 e. The molecule has 3 heteroatoms. The second-order valence-corrected chi connectivity index (χ2v) is 3.46. The minimum Gasteiger partial charge on any atom is -0.394 e. The summed E-state index contributed by atoms with van der Waals surface area (Å²) in [5.41, 5.74) is -0.0665. The van der Waals surface area contributed by atoms with Crippen molar-refractivity contribution in [2.24, 2.45) is 0 Å². The summed E-state index contributed by atoms with van der Waals surface area (Å²) in [6.45, 7) is 6.81. The highest BCUT2D eigenvalue weighted by Gasteiger charge is 2.35. The number of nitrogens with zero attached hydrogens (tertiary/aromatic N) is 1. The van der Waals surface area contributed by atoms with Crippen molar-refractivity contribution >= 4 is 0 Å². The minimum atomic E-state index is -0.0665. The normalized spacial score (nSPS) is 30.8. The van der Waals surface area contributed by atoms with E-state index in [9.17, 15) is 5.11 Å². The van der Waals surface area contributed by atoms with Gasteiger partial charge >= 0.3 is 0 Å². The van der Waals surface area contributed by atoms with Crippen molar-refractivity contribution in [3.8, 4) is 0 Å². The Kier molecular flexibility index (Phi) is 3.26. The molecule has 1 aliphatic heterocycles. The largest absolute Gasteiger partial charge is 0.394 e. The second kappa shape index (κ2) is 4.03. The van der Waals surface area contributed by atoms with Crippen molar-refractivity contribution < 1.29 is 5.11 Å². The van der Waals surface area contributed by atoms with Gasteiger partial charge in [-0.1, -0.05) is 6.08 Å². The molecule has 0 aromatic heterocycles. The Morgan fingerprint density at radius 3 is 2.92 bits per heavy atom. The van der Waals surface area contributed by atoms with Crippen LogP contribution in [-0.4, -0.2) is 48.8 Å². The molecule has 1 unspecified atom stereocenters. The van der Waals surface area contributed by atoms with Crippen LogP contribution in [0.25, 0.3) is 0 Å². The number of likely N-dealkylation sites (tertiary alicyclic amines) is 1. The Labute approximate surface area is 74.1 Å². The minimum absolute atomic E-state index is 0.0665. The molecular weight excluding hydrogens is 152 g/mol. The first kappa shape index (κ1) is 9.71. The molecule has 12 heavy (non-hydrogen) atoms. The molecule has 1 rings (SSSR count). The van der Waals surface area contributed by atoms with E-state index in [0.717, 1.165) is 26.1 Å². The fraction of sp³-hybridized carbons (Fsp3) is 0.778. The summed E-state index contributed by atoms with van der Waals surface area (Å²) in [4.78, 5) is 2.29. The van der Waals surface area contributed by atoms with Gasteiger partial charge in [-0.15, -0.1) is 6.58 Å². The molecule has 1 atom stereocenters. The first-order valence-electron chi connectivity index (χ1n) is 4.39. The number of nitrogens with one attached hydrogen (secondary N) is 1. The third kappa shape index (κ3) is 1.86. The Morgan fingerprint density at radius 2 is 2.50 bits per heavy atom. The number of aliphatic hydroxyl groups is 1. The summed E-state index contributed by atoms with van der Waals surface area (Å²) in [6.07, 6.45) is 2.93. The molecule has 0 bridgehead atoms. The summed E-state index contributed by atoms with van der Waals surface area (Å²) in [7, 11) is 1.91. The topological polar surface area (TPSA) is 35.5 Å². The molecule has 1 aliphatic rings. The van der Waals surface area contributed by atoms with Gasteiger partial charge in [0.1, 0.15) is 0 Å². The van der Waals surface area contributed by atoms with Crippen LogP contribution in [0, 0.1) is 0 Å². The Hall–Kier alpha value is -0.380. The third-order valence-corrected chi connectivity index (χ3v) is 2.65.